The van der Waals surface area contributed by atoms with Crippen molar-refractivity contribution < 1.29 is 9.53 Å². The van der Waals surface area contributed by atoms with Crippen molar-refractivity contribution in [2.45, 2.75) is 26.2 Å². The summed E-state index contributed by atoms with van der Waals surface area (Å²) in [5.41, 5.74) is 5.83. The number of ether oxygens (including phenoxy) is 1. The molecule has 1 aliphatic carbocycles. The lowest BCUT2D eigenvalue weighted by molar-refractivity contribution is 0.0747. The molecule has 1 amide bonds. The van der Waals surface area contributed by atoms with Gasteiger partial charge in [-0.05, 0) is 61.1 Å². The summed E-state index contributed by atoms with van der Waals surface area (Å²) >= 11 is 0. The molecule has 1 atom stereocenters. The fraction of sp³-hybridized carbons (Fsp3) is 0.400. The molecule has 5 nitrogen and oxygen atoms in total. The largest absolute Gasteiger partial charge is 0.495 e. The second kappa shape index (κ2) is 7.71. The van der Waals surface area contributed by atoms with Gasteiger partial charge in [-0.2, -0.15) is 0 Å². The minimum atomic E-state index is 0.135. The van der Waals surface area contributed by atoms with Gasteiger partial charge in [-0.25, -0.2) is 0 Å². The smallest absolute Gasteiger partial charge is 0.253 e. The predicted molar refractivity (Wildman–Crippen MR) is 121 cm³/mol. The maximum absolute atomic E-state index is 13.2. The van der Waals surface area contributed by atoms with E-state index in [4.69, 9.17) is 4.74 Å². The molecule has 2 aromatic carbocycles. The van der Waals surface area contributed by atoms with Gasteiger partial charge in [0, 0.05) is 48.3 Å². The van der Waals surface area contributed by atoms with E-state index in [9.17, 15) is 4.79 Å². The van der Waals surface area contributed by atoms with Crippen molar-refractivity contribution in [1.29, 1.82) is 0 Å². The quantitative estimate of drug-likeness (QED) is 0.711. The Balaban J connectivity index is 1.33. The van der Waals surface area contributed by atoms with Crippen molar-refractivity contribution >= 4 is 22.5 Å². The summed E-state index contributed by atoms with van der Waals surface area (Å²) in [6.45, 7) is 5.38. The van der Waals surface area contributed by atoms with Crippen LogP contribution in [0.15, 0.2) is 42.5 Å². The maximum atomic E-state index is 13.2. The average Bonchev–Trinajstić information content (AvgIpc) is 3.15. The second-order valence-electron chi connectivity index (χ2n) is 8.64. The molecule has 0 unspecified atom stereocenters. The molecule has 1 saturated heterocycles. The molecule has 0 bridgehead atoms. The Bertz CT molecular complexity index is 1080. The summed E-state index contributed by atoms with van der Waals surface area (Å²) in [4.78, 5) is 21.1. The average molecular weight is 404 g/mol. The zero-order valence-electron chi connectivity index (χ0n) is 17.8. The topological polar surface area (TPSA) is 48.6 Å². The van der Waals surface area contributed by atoms with Crippen molar-refractivity contribution in [2.24, 2.45) is 5.92 Å². The molecule has 3 aromatic rings. The van der Waals surface area contributed by atoms with E-state index < -0.39 is 0 Å². The highest BCUT2D eigenvalue weighted by Crippen LogP contribution is 2.33. The molecule has 1 aromatic heterocycles. The van der Waals surface area contributed by atoms with Crippen LogP contribution < -0.4 is 9.64 Å². The standard InChI is InChI=1S/C25H29N3O2/c1-17-7-9-21-19(15-17)20-16-18(8-10-22(20)26-21)25(29)28-13-11-27(12-14-28)23-5-3-4-6-24(23)30-2/h3-6,8,10,16-17,26H,7,9,11-15H2,1-2H3/t17-/m0/s1. The number of para-hydroxylation sites is 2. The Morgan fingerprint density at radius 2 is 1.90 bits per heavy atom. The van der Waals surface area contributed by atoms with Gasteiger partial charge in [0.1, 0.15) is 5.75 Å². The molecule has 2 aliphatic rings. The number of carbonyl (C=O) groups excluding carboxylic acids is 1. The first-order chi connectivity index (χ1) is 14.6. The number of nitrogens with one attached hydrogen (secondary N) is 1. The summed E-state index contributed by atoms with van der Waals surface area (Å²) in [5.74, 6) is 1.73. The Morgan fingerprint density at radius 1 is 1.10 bits per heavy atom. The van der Waals surface area contributed by atoms with Crippen molar-refractivity contribution in [3.8, 4) is 5.75 Å². The number of carbonyl (C=O) groups is 1. The predicted octanol–water partition coefficient (Wildman–Crippen LogP) is 4.26. The molecule has 0 spiro atoms. The fourth-order valence-electron chi connectivity index (χ4n) is 4.95. The number of benzene rings is 2. The molecule has 1 N–H and O–H groups in total. The number of fused-ring (bicyclic) bond motifs is 3. The van der Waals surface area contributed by atoms with Crippen molar-refractivity contribution in [2.75, 3.05) is 38.2 Å². The zero-order valence-corrected chi connectivity index (χ0v) is 17.8. The minimum Gasteiger partial charge on any atom is -0.495 e. The van der Waals surface area contributed by atoms with E-state index in [1.54, 1.807) is 7.11 Å². The van der Waals surface area contributed by atoms with Crippen LogP contribution in [0, 0.1) is 5.92 Å². The third-order valence-corrected chi connectivity index (χ3v) is 6.67. The number of aromatic amines is 1. The molecule has 156 valence electrons. The lowest BCUT2D eigenvalue weighted by Crippen LogP contribution is -2.48. The number of aryl methyl sites for hydroxylation is 1. The number of anilines is 1. The van der Waals surface area contributed by atoms with Crippen LogP contribution in [-0.2, 0) is 12.8 Å². The Labute approximate surface area is 177 Å². The first kappa shape index (κ1) is 19.0. The monoisotopic (exact) mass is 403 g/mol. The summed E-state index contributed by atoms with van der Waals surface area (Å²) in [5, 5.41) is 1.23. The van der Waals surface area contributed by atoms with Crippen molar-refractivity contribution in [3.63, 3.8) is 0 Å². The molecule has 1 aliphatic heterocycles. The highest BCUT2D eigenvalue weighted by molar-refractivity contribution is 5.99. The van der Waals surface area contributed by atoms with E-state index in [2.05, 4.69) is 35.0 Å². The van der Waals surface area contributed by atoms with E-state index in [1.165, 1.54) is 23.1 Å². The summed E-state index contributed by atoms with van der Waals surface area (Å²) in [6.07, 6.45) is 3.45. The van der Waals surface area contributed by atoms with E-state index in [0.717, 1.165) is 61.5 Å². The first-order valence-electron chi connectivity index (χ1n) is 10.9. The summed E-state index contributed by atoms with van der Waals surface area (Å²) in [6, 6.07) is 14.2. The Kier molecular flexibility index (Phi) is 4.89. The third-order valence-electron chi connectivity index (χ3n) is 6.67. The van der Waals surface area contributed by atoms with Crippen LogP contribution in [0.4, 0.5) is 5.69 Å². The van der Waals surface area contributed by atoms with Crippen molar-refractivity contribution in [3.05, 3.63) is 59.3 Å². The van der Waals surface area contributed by atoms with Crippen LogP contribution >= 0.6 is 0 Å². The lowest BCUT2D eigenvalue weighted by atomic mass is 9.87. The zero-order chi connectivity index (χ0) is 20.7. The molecule has 0 saturated carbocycles. The van der Waals surface area contributed by atoms with Gasteiger partial charge in [0.25, 0.3) is 5.91 Å². The second-order valence-corrected chi connectivity index (χ2v) is 8.64. The highest BCUT2D eigenvalue weighted by Gasteiger charge is 2.25. The number of hydrogen-bond donors (Lipinski definition) is 1. The van der Waals surface area contributed by atoms with Crippen LogP contribution in [0.3, 0.4) is 0 Å². The molecular formula is C25H29N3O2. The lowest BCUT2D eigenvalue weighted by Gasteiger charge is -2.36. The summed E-state index contributed by atoms with van der Waals surface area (Å²) < 4.78 is 5.50. The molecule has 2 heterocycles. The number of rotatable bonds is 3. The van der Waals surface area contributed by atoms with Gasteiger partial charge in [0.05, 0.1) is 12.8 Å². The van der Waals surface area contributed by atoms with Gasteiger partial charge in [-0.3, -0.25) is 4.79 Å². The molecular weight excluding hydrogens is 374 g/mol. The van der Waals surface area contributed by atoms with Gasteiger partial charge in [-0.1, -0.05) is 19.1 Å². The van der Waals surface area contributed by atoms with Gasteiger partial charge in [-0.15, -0.1) is 0 Å². The number of amides is 1. The van der Waals surface area contributed by atoms with E-state index >= 15 is 0 Å². The Morgan fingerprint density at radius 3 is 2.70 bits per heavy atom. The normalized spacial score (nSPS) is 19.1. The maximum Gasteiger partial charge on any atom is 0.253 e. The molecule has 30 heavy (non-hydrogen) atoms. The van der Waals surface area contributed by atoms with Gasteiger partial charge in [0.15, 0.2) is 0 Å². The number of hydrogen-bond acceptors (Lipinski definition) is 3. The van der Waals surface area contributed by atoms with Crippen molar-refractivity contribution in [1.82, 2.24) is 9.88 Å². The van der Waals surface area contributed by atoms with Crippen LogP contribution in [0.25, 0.3) is 10.9 Å². The molecule has 1 fully saturated rings. The minimum absolute atomic E-state index is 0.135. The van der Waals surface area contributed by atoms with Gasteiger partial charge < -0.3 is 19.5 Å². The van der Waals surface area contributed by atoms with E-state index in [-0.39, 0.29) is 5.91 Å². The third kappa shape index (κ3) is 3.32. The fourth-order valence-corrected chi connectivity index (χ4v) is 4.95. The SMILES string of the molecule is COc1ccccc1N1CCN(C(=O)c2ccc3[nH]c4c(c3c2)C[C@@H](C)CC4)CC1. The number of methoxy groups -OCH3 is 1. The van der Waals surface area contributed by atoms with Crippen LogP contribution in [0.1, 0.15) is 35.0 Å². The Hall–Kier alpha value is -2.95. The highest BCUT2D eigenvalue weighted by atomic mass is 16.5. The van der Waals surface area contributed by atoms with E-state index in [1.807, 2.05) is 29.2 Å². The van der Waals surface area contributed by atoms with Gasteiger partial charge in [0.2, 0.25) is 0 Å². The van der Waals surface area contributed by atoms with Crippen LogP contribution in [0.2, 0.25) is 0 Å². The number of nitrogens with zero attached hydrogens (tertiary/aromatic N) is 2. The van der Waals surface area contributed by atoms with E-state index in [0.29, 0.717) is 5.92 Å². The van der Waals surface area contributed by atoms with Crippen LogP contribution in [0.5, 0.6) is 5.75 Å². The van der Waals surface area contributed by atoms with Crippen LogP contribution in [-0.4, -0.2) is 49.1 Å². The molecule has 5 rings (SSSR count). The molecule has 5 heteroatoms. The number of aromatic nitrogens is 1. The first-order valence-corrected chi connectivity index (χ1v) is 10.9. The number of piperazine rings is 1. The summed E-state index contributed by atoms with van der Waals surface area (Å²) in [7, 11) is 1.70. The van der Waals surface area contributed by atoms with Gasteiger partial charge >= 0.3 is 0 Å². The number of H-pyrrole nitrogens is 1. The molecule has 0 radical (unpaired) electrons.